The molecule has 9 nitrogen and oxygen atoms in total. The van der Waals surface area contributed by atoms with Gasteiger partial charge in [0.15, 0.2) is 5.82 Å². The molecule has 0 bridgehead atoms. The van der Waals surface area contributed by atoms with Gasteiger partial charge in [-0.2, -0.15) is 5.10 Å². The molecular formula is C21H21N5O4. The van der Waals surface area contributed by atoms with Gasteiger partial charge in [-0.3, -0.25) is 15.2 Å². The molecule has 0 amide bonds. The number of H-pyrrole nitrogens is 1. The van der Waals surface area contributed by atoms with Crippen molar-refractivity contribution in [3.63, 3.8) is 0 Å². The average Bonchev–Trinajstić information content (AvgIpc) is 3.29. The van der Waals surface area contributed by atoms with Crippen LogP contribution in [0.15, 0.2) is 48.5 Å². The van der Waals surface area contributed by atoms with Gasteiger partial charge in [0.25, 0.3) is 5.69 Å². The third-order valence-electron chi connectivity index (χ3n) is 5.28. The fraction of sp³-hybridized carbons (Fsp3) is 0.286. The Hall–Kier alpha value is -3.75. The number of ether oxygens (including phenoxy) is 1. The first-order valence-corrected chi connectivity index (χ1v) is 9.66. The molecule has 3 aromatic rings. The molecule has 1 atom stereocenters. The van der Waals surface area contributed by atoms with E-state index in [1.54, 1.807) is 0 Å². The van der Waals surface area contributed by atoms with Crippen LogP contribution in [0.3, 0.4) is 0 Å². The molecule has 1 aliphatic heterocycles. The fourth-order valence-electron chi connectivity index (χ4n) is 3.77. The predicted molar refractivity (Wildman–Crippen MR) is 110 cm³/mol. The van der Waals surface area contributed by atoms with Crippen molar-refractivity contribution in [1.82, 2.24) is 15.2 Å². The van der Waals surface area contributed by atoms with E-state index in [-0.39, 0.29) is 17.2 Å². The fourth-order valence-corrected chi connectivity index (χ4v) is 3.77. The van der Waals surface area contributed by atoms with Crippen molar-refractivity contribution in [3.8, 4) is 11.4 Å². The number of benzene rings is 2. The van der Waals surface area contributed by atoms with Crippen LogP contribution in [0, 0.1) is 10.1 Å². The molecule has 1 fully saturated rings. The van der Waals surface area contributed by atoms with Gasteiger partial charge in [-0.25, -0.2) is 9.78 Å². The SMILES string of the molecule is COC(=O)c1ccc([N+](=O)[O-])c(N2CCCC(c3nc(-c4ccccc4)n[nH]3)C2)c1. The summed E-state index contributed by atoms with van der Waals surface area (Å²) in [7, 11) is 1.29. The zero-order chi connectivity index (χ0) is 21.1. The van der Waals surface area contributed by atoms with Crippen molar-refractivity contribution in [2.24, 2.45) is 0 Å². The first-order valence-electron chi connectivity index (χ1n) is 9.66. The van der Waals surface area contributed by atoms with E-state index in [1.807, 2.05) is 35.2 Å². The predicted octanol–water partition coefficient (Wildman–Crippen LogP) is 3.55. The van der Waals surface area contributed by atoms with Crippen LogP contribution in [0.2, 0.25) is 0 Å². The summed E-state index contributed by atoms with van der Waals surface area (Å²) in [5.41, 5.74) is 1.58. The number of methoxy groups -OCH3 is 1. The van der Waals surface area contributed by atoms with E-state index < -0.39 is 10.9 Å². The van der Waals surface area contributed by atoms with E-state index in [4.69, 9.17) is 4.74 Å². The van der Waals surface area contributed by atoms with Crippen LogP contribution in [0.5, 0.6) is 0 Å². The number of hydrogen-bond donors (Lipinski definition) is 1. The van der Waals surface area contributed by atoms with Gasteiger partial charge >= 0.3 is 5.97 Å². The van der Waals surface area contributed by atoms with Crippen molar-refractivity contribution < 1.29 is 14.5 Å². The van der Waals surface area contributed by atoms with Crippen LogP contribution in [-0.4, -0.2) is 46.3 Å². The number of carbonyl (C=O) groups is 1. The molecule has 2 aromatic carbocycles. The van der Waals surface area contributed by atoms with Crippen LogP contribution in [0.4, 0.5) is 11.4 Å². The Morgan fingerprint density at radius 3 is 2.80 bits per heavy atom. The molecule has 0 spiro atoms. The molecule has 1 unspecified atom stereocenters. The van der Waals surface area contributed by atoms with Gasteiger partial charge in [0, 0.05) is 30.6 Å². The van der Waals surface area contributed by atoms with Gasteiger partial charge in [-0.15, -0.1) is 0 Å². The molecule has 154 valence electrons. The molecule has 1 aromatic heterocycles. The topological polar surface area (TPSA) is 114 Å². The Balaban J connectivity index is 1.61. The monoisotopic (exact) mass is 407 g/mol. The summed E-state index contributed by atoms with van der Waals surface area (Å²) >= 11 is 0. The van der Waals surface area contributed by atoms with E-state index in [2.05, 4.69) is 15.2 Å². The second kappa shape index (κ2) is 8.32. The number of esters is 1. The summed E-state index contributed by atoms with van der Waals surface area (Å²) in [5, 5.41) is 18.9. The Morgan fingerprint density at radius 2 is 2.07 bits per heavy atom. The molecule has 2 heterocycles. The van der Waals surface area contributed by atoms with E-state index in [9.17, 15) is 14.9 Å². The number of nitro benzene ring substituents is 1. The molecule has 9 heteroatoms. The maximum absolute atomic E-state index is 11.9. The number of aromatic nitrogens is 3. The number of hydrogen-bond acceptors (Lipinski definition) is 7. The zero-order valence-corrected chi connectivity index (χ0v) is 16.4. The highest BCUT2D eigenvalue weighted by Crippen LogP contribution is 2.35. The van der Waals surface area contributed by atoms with Crippen molar-refractivity contribution in [3.05, 3.63) is 70.0 Å². The minimum Gasteiger partial charge on any atom is -0.465 e. The average molecular weight is 407 g/mol. The van der Waals surface area contributed by atoms with Gasteiger partial charge in [0.2, 0.25) is 0 Å². The van der Waals surface area contributed by atoms with Crippen LogP contribution < -0.4 is 4.90 Å². The van der Waals surface area contributed by atoms with Crippen molar-refractivity contribution in [1.29, 1.82) is 0 Å². The van der Waals surface area contributed by atoms with E-state index in [1.165, 1.54) is 25.3 Å². The first-order chi connectivity index (χ1) is 14.6. The molecule has 0 radical (unpaired) electrons. The summed E-state index contributed by atoms with van der Waals surface area (Å²) in [6.45, 7) is 1.19. The van der Waals surface area contributed by atoms with Gasteiger partial charge in [0.1, 0.15) is 11.5 Å². The molecule has 0 aliphatic carbocycles. The van der Waals surface area contributed by atoms with Gasteiger partial charge in [0.05, 0.1) is 17.6 Å². The zero-order valence-electron chi connectivity index (χ0n) is 16.4. The minimum absolute atomic E-state index is 0.0363. The Morgan fingerprint density at radius 1 is 1.27 bits per heavy atom. The van der Waals surface area contributed by atoms with E-state index in [0.29, 0.717) is 24.6 Å². The molecule has 30 heavy (non-hydrogen) atoms. The lowest BCUT2D eigenvalue weighted by Gasteiger charge is -2.33. The van der Waals surface area contributed by atoms with Crippen LogP contribution in [-0.2, 0) is 4.74 Å². The maximum Gasteiger partial charge on any atom is 0.337 e. The number of piperidine rings is 1. The lowest BCUT2D eigenvalue weighted by atomic mass is 9.96. The summed E-state index contributed by atoms with van der Waals surface area (Å²) < 4.78 is 4.76. The summed E-state index contributed by atoms with van der Waals surface area (Å²) in [6.07, 6.45) is 1.73. The largest absolute Gasteiger partial charge is 0.465 e. The van der Waals surface area contributed by atoms with E-state index in [0.717, 1.165) is 24.2 Å². The third-order valence-corrected chi connectivity index (χ3v) is 5.28. The van der Waals surface area contributed by atoms with Crippen LogP contribution in [0.25, 0.3) is 11.4 Å². The number of rotatable bonds is 5. The van der Waals surface area contributed by atoms with Gasteiger partial charge < -0.3 is 9.64 Å². The minimum atomic E-state index is -0.526. The highest BCUT2D eigenvalue weighted by molar-refractivity contribution is 5.91. The summed E-state index contributed by atoms with van der Waals surface area (Å²) in [5.74, 6) is 0.902. The normalized spacial score (nSPS) is 16.3. The molecule has 1 saturated heterocycles. The smallest absolute Gasteiger partial charge is 0.337 e. The first kappa shape index (κ1) is 19.6. The number of carbonyl (C=O) groups excluding carboxylic acids is 1. The number of anilines is 1. The summed E-state index contributed by atoms with van der Waals surface area (Å²) in [6, 6.07) is 14.0. The Kier molecular flexibility index (Phi) is 5.42. The number of nitrogens with zero attached hydrogens (tertiary/aromatic N) is 4. The third kappa shape index (κ3) is 3.86. The molecule has 1 aliphatic rings. The van der Waals surface area contributed by atoms with Gasteiger partial charge in [-0.1, -0.05) is 30.3 Å². The molecule has 0 saturated carbocycles. The number of nitro groups is 1. The standard InChI is InChI=1S/C21H21N5O4/c1-30-21(27)15-9-10-17(26(28)29)18(12-15)25-11-5-8-16(13-25)20-22-19(23-24-20)14-6-3-2-4-7-14/h2-4,6-7,9-10,12,16H,5,8,11,13H2,1H3,(H,22,23,24). The second-order valence-corrected chi connectivity index (χ2v) is 7.15. The Bertz CT molecular complexity index is 1070. The highest BCUT2D eigenvalue weighted by atomic mass is 16.6. The Labute approximate surface area is 172 Å². The summed E-state index contributed by atoms with van der Waals surface area (Å²) in [4.78, 5) is 29.6. The van der Waals surface area contributed by atoms with Crippen molar-refractivity contribution >= 4 is 17.3 Å². The number of nitrogens with one attached hydrogen (secondary N) is 1. The lowest BCUT2D eigenvalue weighted by molar-refractivity contribution is -0.384. The molecular weight excluding hydrogens is 386 g/mol. The second-order valence-electron chi connectivity index (χ2n) is 7.15. The lowest BCUT2D eigenvalue weighted by Crippen LogP contribution is -2.35. The molecule has 4 rings (SSSR count). The maximum atomic E-state index is 11.9. The van der Waals surface area contributed by atoms with Crippen molar-refractivity contribution in [2.45, 2.75) is 18.8 Å². The van der Waals surface area contributed by atoms with Gasteiger partial charge in [-0.05, 0) is 25.0 Å². The van der Waals surface area contributed by atoms with Crippen LogP contribution >= 0.6 is 0 Å². The van der Waals surface area contributed by atoms with Crippen LogP contribution in [0.1, 0.15) is 34.9 Å². The van der Waals surface area contributed by atoms with E-state index >= 15 is 0 Å². The van der Waals surface area contributed by atoms with Crippen molar-refractivity contribution in [2.75, 3.05) is 25.1 Å². The quantitative estimate of drug-likeness (QED) is 0.391. The molecule has 1 N–H and O–H groups in total. The number of aromatic amines is 1. The highest BCUT2D eigenvalue weighted by Gasteiger charge is 2.29.